The van der Waals surface area contributed by atoms with Gasteiger partial charge in [0.05, 0.1) is 12.7 Å². The van der Waals surface area contributed by atoms with E-state index in [0.717, 1.165) is 30.1 Å². The smallest absolute Gasteiger partial charge is 0.108 e. The third-order valence-electron chi connectivity index (χ3n) is 15.4. The van der Waals surface area contributed by atoms with Crippen LogP contribution in [0.1, 0.15) is 132 Å². The molecule has 0 aromatic carbocycles. The molecule has 5 saturated carbocycles. The SMILES string of the molecule is C[C@H](CCC(O)C(O)C(O)CO)[C@H]1CC[C@]2(C)[C@H]3CC[C@@H]4[C@@]5(C)CCCC(C)(C)[C@@H]5CC[C@@]4(C)[C@]3(C)CC[C@@H]12. The largest absolute Gasteiger partial charge is 0.394 e. The number of fused-ring (bicyclic) bond motifs is 7. The zero-order valence-corrected chi connectivity index (χ0v) is 26.4. The minimum atomic E-state index is -1.27. The number of hydrogen-bond donors (Lipinski definition) is 4. The molecule has 5 rings (SSSR count). The molecule has 0 bridgehead atoms. The summed E-state index contributed by atoms with van der Waals surface area (Å²) in [5.41, 5.74) is 2.27. The molecule has 4 N–H and O–H groups in total. The second-order valence-corrected chi connectivity index (χ2v) is 17.2. The molecule has 4 nitrogen and oxygen atoms in total. The van der Waals surface area contributed by atoms with Crippen LogP contribution in [-0.4, -0.2) is 45.3 Å². The summed E-state index contributed by atoms with van der Waals surface area (Å²) >= 11 is 0. The van der Waals surface area contributed by atoms with Gasteiger partial charge in [0, 0.05) is 0 Å². The molecule has 5 fully saturated rings. The van der Waals surface area contributed by atoms with E-state index in [0.29, 0.717) is 45.3 Å². The van der Waals surface area contributed by atoms with E-state index in [9.17, 15) is 15.3 Å². The van der Waals surface area contributed by atoms with Gasteiger partial charge in [0.1, 0.15) is 12.2 Å². The third-order valence-corrected chi connectivity index (χ3v) is 15.4. The van der Waals surface area contributed by atoms with Crippen LogP contribution < -0.4 is 0 Å². The van der Waals surface area contributed by atoms with Crippen LogP contribution >= 0.6 is 0 Å². The Hall–Kier alpha value is -0.160. The van der Waals surface area contributed by atoms with Gasteiger partial charge < -0.3 is 20.4 Å². The Morgan fingerprint density at radius 2 is 1.26 bits per heavy atom. The van der Waals surface area contributed by atoms with Gasteiger partial charge in [0.25, 0.3) is 0 Å². The highest BCUT2D eigenvalue weighted by atomic mass is 16.4. The van der Waals surface area contributed by atoms with Crippen LogP contribution in [0.4, 0.5) is 0 Å². The van der Waals surface area contributed by atoms with Crippen LogP contribution in [0.5, 0.6) is 0 Å². The minimum absolute atomic E-state index is 0.411. The molecule has 13 atom stereocenters. The van der Waals surface area contributed by atoms with Gasteiger partial charge >= 0.3 is 0 Å². The van der Waals surface area contributed by atoms with E-state index in [4.69, 9.17) is 5.11 Å². The van der Waals surface area contributed by atoms with Crippen LogP contribution in [0.15, 0.2) is 0 Å². The van der Waals surface area contributed by atoms with E-state index in [1.807, 2.05) is 0 Å². The molecule has 0 spiro atoms. The van der Waals surface area contributed by atoms with E-state index in [1.54, 1.807) is 0 Å². The van der Waals surface area contributed by atoms with E-state index < -0.39 is 24.9 Å². The van der Waals surface area contributed by atoms with Gasteiger partial charge in [0.2, 0.25) is 0 Å². The molecule has 226 valence electrons. The Bertz CT molecular complexity index is 888. The highest BCUT2D eigenvalue weighted by molar-refractivity contribution is 5.19. The first-order valence-corrected chi connectivity index (χ1v) is 16.8. The molecular weight excluding hydrogens is 484 g/mol. The summed E-state index contributed by atoms with van der Waals surface area (Å²) < 4.78 is 0. The monoisotopic (exact) mass is 546 g/mol. The fourth-order valence-corrected chi connectivity index (χ4v) is 13.2. The maximum Gasteiger partial charge on any atom is 0.108 e. The molecule has 5 aliphatic carbocycles. The van der Waals surface area contributed by atoms with Gasteiger partial charge in [0.15, 0.2) is 0 Å². The van der Waals surface area contributed by atoms with Crippen molar-refractivity contribution in [3.8, 4) is 0 Å². The molecule has 3 unspecified atom stereocenters. The first kappa shape index (κ1) is 30.3. The van der Waals surface area contributed by atoms with E-state index >= 15 is 0 Å². The second kappa shape index (κ2) is 10.2. The average Bonchev–Trinajstić information content (AvgIpc) is 3.23. The second-order valence-electron chi connectivity index (χ2n) is 17.2. The van der Waals surface area contributed by atoms with Gasteiger partial charge in [-0.3, -0.25) is 0 Å². The van der Waals surface area contributed by atoms with Crippen molar-refractivity contribution in [3.05, 3.63) is 0 Å². The summed E-state index contributed by atoms with van der Waals surface area (Å²) in [5, 5.41) is 39.5. The lowest BCUT2D eigenvalue weighted by Crippen LogP contribution is -2.65. The Morgan fingerprint density at radius 1 is 0.641 bits per heavy atom. The Labute approximate surface area is 239 Å². The molecule has 0 saturated heterocycles. The Kier molecular flexibility index (Phi) is 7.95. The van der Waals surface area contributed by atoms with Crippen LogP contribution in [-0.2, 0) is 0 Å². The predicted octanol–water partition coefficient (Wildman–Crippen LogP) is 6.97. The number of rotatable bonds is 7. The summed E-state index contributed by atoms with van der Waals surface area (Å²) in [5.74, 6) is 4.50. The van der Waals surface area contributed by atoms with Crippen molar-refractivity contribution in [1.29, 1.82) is 0 Å². The third kappa shape index (κ3) is 4.42. The van der Waals surface area contributed by atoms with Crippen molar-refractivity contribution in [2.75, 3.05) is 6.61 Å². The maximum absolute atomic E-state index is 10.4. The topological polar surface area (TPSA) is 80.9 Å². The quantitative estimate of drug-likeness (QED) is 0.278. The lowest BCUT2D eigenvalue weighted by molar-refractivity contribution is -0.241. The fourth-order valence-electron chi connectivity index (χ4n) is 13.2. The van der Waals surface area contributed by atoms with Crippen molar-refractivity contribution in [1.82, 2.24) is 0 Å². The molecular formula is C35H62O4. The predicted molar refractivity (Wildman–Crippen MR) is 158 cm³/mol. The number of hydrogen-bond acceptors (Lipinski definition) is 4. The fraction of sp³-hybridized carbons (Fsp3) is 1.00. The molecule has 0 heterocycles. The van der Waals surface area contributed by atoms with Gasteiger partial charge in [-0.1, -0.05) is 54.9 Å². The van der Waals surface area contributed by atoms with E-state index in [1.165, 1.54) is 70.6 Å². The van der Waals surface area contributed by atoms with E-state index in [2.05, 4.69) is 48.5 Å². The molecule has 0 amide bonds. The first-order chi connectivity index (χ1) is 18.2. The highest BCUT2D eigenvalue weighted by Gasteiger charge is 2.70. The lowest BCUT2D eigenvalue weighted by Gasteiger charge is -2.73. The van der Waals surface area contributed by atoms with Crippen molar-refractivity contribution in [2.45, 2.75) is 150 Å². The maximum atomic E-state index is 10.4. The molecule has 0 aromatic rings. The van der Waals surface area contributed by atoms with Gasteiger partial charge in [-0.05, 0) is 140 Å². The summed E-state index contributed by atoms with van der Waals surface area (Å²) in [6.07, 6.45) is 13.2. The lowest BCUT2D eigenvalue weighted by atomic mass is 9.32. The van der Waals surface area contributed by atoms with E-state index in [-0.39, 0.29) is 0 Å². The average molecular weight is 547 g/mol. The molecule has 0 aromatic heterocycles. The summed E-state index contributed by atoms with van der Waals surface area (Å²) in [4.78, 5) is 0. The van der Waals surface area contributed by atoms with Gasteiger partial charge in [-0.15, -0.1) is 0 Å². The number of aliphatic hydroxyl groups is 4. The Morgan fingerprint density at radius 3 is 1.90 bits per heavy atom. The molecule has 5 aliphatic rings. The van der Waals surface area contributed by atoms with Gasteiger partial charge in [-0.2, -0.15) is 0 Å². The zero-order valence-electron chi connectivity index (χ0n) is 26.4. The summed E-state index contributed by atoms with van der Waals surface area (Å²) in [7, 11) is 0. The van der Waals surface area contributed by atoms with Crippen molar-refractivity contribution in [2.24, 2.45) is 62.6 Å². The first-order valence-electron chi connectivity index (χ1n) is 16.8. The molecule has 39 heavy (non-hydrogen) atoms. The zero-order chi connectivity index (χ0) is 28.6. The normalized spacial score (nSPS) is 50.1. The number of aliphatic hydroxyl groups excluding tert-OH is 4. The van der Waals surface area contributed by atoms with Crippen molar-refractivity contribution < 1.29 is 20.4 Å². The van der Waals surface area contributed by atoms with Crippen LogP contribution in [0.2, 0.25) is 0 Å². The minimum Gasteiger partial charge on any atom is -0.394 e. The molecule has 0 aliphatic heterocycles. The van der Waals surface area contributed by atoms with Gasteiger partial charge in [-0.25, -0.2) is 0 Å². The summed E-state index contributed by atoms with van der Waals surface area (Å²) in [6.45, 7) is 17.9. The molecule has 0 radical (unpaired) electrons. The van der Waals surface area contributed by atoms with Crippen LogP contribution in [0, 0.1) is 62.6 Å². The van der Waals surface area contributed by atoms with Crippen LogP contribution in [0.25, 0.3) is 0 Å². The standard InChI is InChI=1S/C35H62O4/c1-22(9-10-25(37)30(39)26(38)21-36)23-13-18-32(4)24(23)14-19-34(6)28(32)11-12-29-33(5)17-8-16-31(2,3)27(33)15-20-35(29,34)7/h22-30,36-39H,8-21H2,1-7H3/t22-,23-,24+,25?,26?,27+,28-,29-,30?,32+,33+,34-,35-/m1/s1. The highest BCUT2D eigenvalue weighted by Crippen LogP contribution is 2.78. The van der Waals surface area contributed by atoms with Crippen LogP contribution in [0.3, 0.4) is 0 Å². The summed E-state index contributed by atoms with van der Waals surface area (Å²) in [6, 6.07) is 0. The van der Waals surface area contributed by atoms with Crippen molar-refractivity contribution in [3.63, 3.8) is 0 Å². The van der Waals surface area contributed by atoms with Crippen molar-refractivity contribution >= 4 is 0 Å². The Balaban J connectivity index is 1.33. The molecule has 4 heteroatoms.